The number of amides is 1. The second-order valence-corrected chi connectivity index (χ2v) is 19.6. The topological polar surface area (TPSA) is 436 Å². The van der Waals surface area contributed by atoms with Crippen molar-refractivity contribution < 1.29 is 28.8 Å². The van der Waals surface area contributed by atoms with Crippen molar-refractivity contribution >= 4 is 64.6 Å². The van der Waals surface area contributed by atoms with Crippen LogP contribution in [0.3, 0.4) is 0 Å². The lowest BCUT2D eigenvalue weighted by Crippen LogP contribution is -2.36. The highest BCUT2D eigenvalue weighted by Crippen LogP contribution is 2.27. The molecule has 0 aliphatic carbocycles. The summed E-state index contributed by atoms with van der Waals surface area (Å²) in [7, 11) is 0. The number of aliphatic imine (C=N–C) groups is 5. The van der Waals surface area contributed by atoms with Crippen LogP contribution in [0.15, 0.2) is 25.0 Å². The third-order valence-corrected chi connectivity index (χ3v) is 13.1. The number of carbonyl (C=O) groups excluding carboxylic acids is 6. The van der Waals surface area contributed by atoms with Gasteiger partial charge in [-0.1, -0.05) is 33.6 Å². The van der Waals surface area contributed by atoms with Crippen LogP contribution in [0.4, 0.5) is 0 Å². The number of nitrogens with one attached hydrogen (secondary N) is 1. The predicted octanol–water partition coefficient (Wildman–Crippen LogP) is 2.82. The summed E-state index contributed by atoms with van der Waals surface area (Å²) in [5.74, 6) is -1.75. The molecule has 0 rings (SSSR count). The van der Waals surface area contributed by atoms with Crippen molar-refractivity contribution in [3.8, 4) is 0 Å². The number of hydrogen-bond donors (Lipinski definition) is 11. The molecule has 0 aliphatic rings. The maximum absolute atomic E-state index is 14.0. The Kier molecular flexibility index (Phi) is 38.3. The molecule has 1 amide bonds. The molecule has 5 atom stereocenters. The fourth-order valence-electron chi connectivity index (χ4n) is 8.88. The average molecular weight is 1030 g/mol. The second-order valence-electron chi connectivity index (χ2n) is 19.6. The van der Waals surface area contributed by atoms with Crippen LogP contribution in [-0.4, -0.2) is 104 Å². The largest absolute Gasteiger partial charge is 0.370 e. The first kappa shape index (κ1) is 67.2. The summed E-state index contributed by atoms with van der Waals surface area (Å²) >= 11 is 0. The van der Waals surface area contributed by atoms with Gasteiger partial charge in [0.1, 0.15) is 23.1 Å². The summed E-state index contributed by atoms with van der Waals surface area (Å²) < 4.78 is 0. The zero-order valence-corrected chi connectivity index (χ0v) is 44.8. The lowest BCUT2D eigenvalue weighted by molar-refractivity contribution is -0.129. The van der Waals surface area contributed by atoms with E-state index in [1.165, 1.54) is 0 Å². The molecular formula is C51H98N16O6. The number of unbranched alkanes of at least 4 members (excludes halogenated alkanes) is 1. The summed E-state index contributed by atoms with van der Waals surface area (Å²) in [4.78, 5) is 101. The number of hydrogen-bond acceptors (Lipinski definition) is 11. The van der Waals surface area contributed by atoms with Crippen molar-refractivity contribution in [3.63, 3.8) is 0 Å². The fraction of sp³-hybridized carbons (Fsp3) is 0.784. The van der Waals surface area contributed by atoms with Gasteiger partial charge < -0.3 is 62.7 Å². The molecule has 0 aliphatic heterocycles. The zero-order chi connectivity index (χ0) is 55.0. The molecule has 0 saturated heterocycles. The van der Waals surface area contributed by atoms with Gasteiger partial charge in [-0.2, -0.15) is 0 Å². The van der Waals surface area contributed by atoms with Crippen molar-refractivity contribution in [1.82, 2.24) is 5.32 Å². The summed E-state index contributed by atoms with van der Waals surface area (Å²) in [5, 5.41) is 2.76. The average Bonchev–Trinajstić information content (AvgIpc) is 3.32. The normalized spacial score (nSPS) is 13.1. The minimum absolute atomic E-state index is 0.0133. The summed E-state index contributed by atoms with van der Waals surface area (Å²) in [6, 6.07) is 0. The summed E-state index contributed by atoms with van der Waals surface area (Å²) in [5.41, 5.74) is 55.3. The van der Waals surface area contributed by atoms with Gasteiger partial charge in [-0.25, -0.2) is 0 Å². The molecule has 418 valence electrons. The van der Waals surface area contributed by atoms with Gasteiger partial charge in [0.05, 0.1) is 6.54 Å². The molecule has 0 aromatic carbocycles. The molecule has 0 radical (unpaired) electrons. The molecule has 0 aromatic rings. The van der Waals surface area contributed by atoms with Crippen LogP contribution < -0.4 is 62.7 Å². The number of carbonyl (C=O) groups is 6. The van der Waals surface area contributed by atoms with Gasteiger partial charge in [0.15, 0.2) is 35.6 Å². The van der Waals surface area contributed by atoms with E-state index in [0.29, 0.717) is 155 Å². The molecule has 0 bridgehead atoms. The van der Waals surface area contributed by atoms with Crippen molar-refractivity contribution in [2.45, 2.75) is 181 Å². The van der Waals surface area contributed by atoms with E-state index in [1.54, 1.807) is 13.8 Å². The molecule has 22 nitrogen and oxygen atoms in total. The summed E-state index contributed by atoms with van der Waals surface area (Å²) in [6.07, 6.45) is 13.7. The number of guanidine groups is 5. The Balaban J connectivity index is 5.92. The van der Waals surface area contributed by atoms with E-state index >= 15 is 0 Å². The third kappa shape index (κ3) is 36.7. The highest BCUT2D eigenvalue weighted by molar-refractivity contribution is 5.88. The highest BCUT2D eigenvalue weighted by atomic mass is 16.2. The Morgan fingerprint density at radius 3 is 0.822 bits per heavy atom. The first-order valence-corrected chi connectivity index (χ1v) is 26.9. The maximum Gasteiger partial charge on any atom is 0.223 e. The maximum atomic E-state index is 14.0. The first-order valence-electron chi connectivity index (χ1n) is 26.9. The zero-order valence-electron chi connectivity index (χ0n) is 44.8. The van der Waals surface area contributed by atoms with Crippen molar-refractivity contribution in [1.29, 1.82) is 0 Å². The van der Waals surface area contributed by atoms with E-state index in [0.717, 1.165) is 19.3 Å². The number of nitrogens with two attached hydrogens (primary N) is 10. The minimum atomic E-state index is -0.440. The molecule has 5 unspecified atom stereocenters. The lowest BCUT2D eigenvalue weighted by Gasteiger charge is -2.20. The molecule has 0 saturated carbocycles. The Hall–Kier alpha value is -5.83. The third-order valence-electron chi connectivity index (χ3n) is 13.1. The van der Waals surface area contributed by atoms with Crippen LogP contribution >= 0.6 is 0 Å². The van der Waals surface area contributed by atoms with Gasteiger partial charge in [-0.3, -0.25) is 53.7 Å². The number of Topliss-reactive ketones (excluding diaryl/α,β-unsaturated/α-hetero) is 5. The van der Waals surface area contributed by atoms with Gasteiger partial charge in [-0.05, 0) is 122 Å². The Morgan fingerprint density at radius 1 is 0.342 bits per heavy atom. The highest BCUT2D eigenvalue weighted by Gasteiger charge is 2.26. The van der Waals surface area contributed by atoms with Crippen molar-refractivity contribution in [2.75, 3.05) is 39.3 Å². The second kappa shape index (κ2) is 41.6. The van der Waals surface area contributed by atoms with Crippen molar-refractivity contribution in [2.24, 2.45) is 118 Å². The van der Waals surface area contributed by atoms with Crippen LogP contribution in [0.25, 0.3) is 0 Å². The number of ketones is 5. The van der Waals surface area contributed by atoms with Gasteiger partial charge in [0.2, 0.25) is 5.91 Å². The van der Waals surface area contributed by atoms with E-state index in [-0.39, 0.29) is 120 Å². The van der Waals surface area contributed by atoms with Gasteiger partial charge in [0, 0.05) is 93.9 Å². The first-order chi connectivity index (χ1) is 34.7. The molecule has 0 heterocycles. The van der Waals surface area contributed by atoms with E-state index < -0.39 is 5.92 Å². The van der Waals surface area contributed by atoms with Crippen molar-refractivity contribution in [3.05, 3.63) is 0 Å². The lowest BCUT2D eigenvalue weighted by atomic mass is 9.84. The van der Waals surface area contributed by atoms with E-state index in [9.17, 15) is 28.8 Å². The molecular weight excluding hydrogens is 933 g/mol. The Labute approximate surface area is 435 Å². The predicted molar refractivity (Wildman–Crippen MR) is 295 cm³/mol. The van der Waals surface area contributed by atoms with Gasteiger partial charge >= 0.3 is 0 Å². The molecule has 22 heteroatoms. The van der Waals surface area contributed by atoms with E-state index in [2.05, 4.69) is 37.2 Å². The number of nitrogens with zero attached hydrogens (tertiary/aromatic N) is 5. The Morgan fingerprint density at radius 2 is 0.575 bits per heavy atom. The van der Waals surface area contributed by atoms with E-state index in [1.807, 2.05) is 0 Å². The fourth-order valence-corrected chi connectivity index (χ4v) is 8.88. The standard InChI is InChI=1S/C51H98N16O6/c1-4-5-15-36(20-10-29-62-47(52)53)41(68)25-6-16-37(21-11-30-63-48(54)55)42(69)26-7-17-38(22-12-31-64-49(56)57)43(70)27-8-18-39(23-13-32-65-50(58)59)44(71)28-9-19-40(24-14-33-66-51(60)61)46(73)67-34-45(72)35(2)3/h35-40H,4-34H2,1-3H3,(H,67,73)(H4,52,53,62)(H4,54,55,63)(H4,56,57,64)(H4,58,59,65)(H4,60,61,66). The molecule has 0 aromatic heterocycles. The molecule has 0 fully saturated rings. The van der Waals surface area contributed by atoms with Crippen LogP contribution in [-0.2, 0) is 28.8 Å². The smallest absolute Gasteiger partial charge is 0.223 e. The number of rotatable bonds is 47. The molecule has 0 spiro atoms. The van der Waals surface area contributed by atoms with E-state index in [4.69, 9.17) is 57.3 Å². The van der Waals surface area contributed by atoms with Gasteiger partial charge in [0.25, 0.3) is 0 Å². The Bertz CT molecular complexity index is 1770. The van der Waals surface area contributed by atoms with Crippen LogP contribution in [0.5, 0.6) is 0 Å². The molecule has 73 heavy (non-hydrogen) atoms. The van der Waals surface area contributed by atoms with Crippen LogP contribution in [0, 0.1) is 35.5 Å². The van der Waals surface area contributed by atoms with Crippen LogP contribution in [0.2, 0.25) is 0 Å². The SMILES string of the molecule is CCCCC(CCCN=C(N)N)C(=O)CCCC(CCCN=C(N)N)C(=O)CCCC(CCCN=C(N)N)C(=O)CCCC(CCCN=C(N)N)C(=O)CCCC(CCCN=C(N)N)C(=O)NCC(=O)C(C)C. The quantitative estimate of drug-likeness (QED) is 0.0237. The molecule has 21 N–H and O–H groups in total. The summed E-state index contributed by atoms with van der Waals surface area (Å²) in [6.45, 7) is 7.51. The van der Waals surface area contributed by atoms with Gasteiger partial charge in [-0.15, -0.1) is 0 Å². The minimum Gasteiger partial charge on any atom is -0.370 e. The monoisotopic (exact) mass is 1030 g/mol. The van der Waals surface area contributed by atoms with Crippen LogP contribution in [0.1, 0.15) is 181 Å².